The molecule has 1 aromatic heterocycles. The van der Waals surface area contributed by atoms with E-state index in [1.807, 2.05) is 36.4 Å². The van der Waals surface area contributed by atoms with Crippen LogP contribution in [0.1, 0.15) is 34.8 Å². The number of rotatable bonds is 9. The number of carbonyl (C=O) groups is 1. The number of ether oxygens (including phenoxy) is 1. The van der Waals surface area contributed by atoms with Gasteiger partial charge < -0.3 is 4.74 Å². The first-order valence-electron chi connectivity index (χ1n) is 14.2. The molecule has 41 heavy (non-hydrogen) atoms. The molecule has 10 heteroatoms. The molecule has 2 aliphatic heterocycles. The molecule has 0 unspecified atom stereocenters. The van der Waals surface area contributed by atoms with Crippen molar-refractivity contribution < 1.29 is 17.9 Å². The monoisotopic (exact) mass is 590 g/mol. The average molecular weight is 591 g/mol. The standard InChI is InChI=1S/C31H34N4O4S2/c1-2-23-8-5-10-28-29(23)32-31(40-28)34(17-6-16-33-19-21-39-22-20-33)30(36)25-11-13-26(14-12-25)41(37,38)35-18-15-24-7-3-4-9-27(24)35/h3-5,7-14H,2,6,15-22H2,1H3. The molecule has 1 saturated heterocycles. The number of carbonyl (C=O) groups excluding carboxylic acids is 1. The topological polar surface area (TPSA) is 83.0 Å². The van der Waals surface area contributed by atoms with Crippen molar-refractivity contribution in [2.45, 2.75) is 31.1 Å². The van der Waals surface area contributed by atoms with Crippen LogP contribution in [0, 0.1) is 0 Å². The van der Waals surface area contributed by atoms with Gasteiger partial charge in [-0.1, -0.05) is 48.6 Å². The summed E-state index contributed by atoms with van der Waals surface area (Å²) in [6.45, 7) is 7.16. The number of sulfonamides is 1. The van der Waals surface area contributed by atoms with Crippen LogP contribution >= 0.6 is 11.3 Å². The molecule has 214 valence electrons. The van der Waals surface area contributed by atoms with Gasteiger partial charge >= 0.3 is 0 Å². The van der Waals surface area contributed by atoms with Gasteiger partial charge in [-0.15, -0.1) is 0 Å². The molecule has 4 aromatic rings. The molecule has 3 heterocycles. The highest BCUT2D eigenvalue weighted by Crippen LogP contribution is 2.34. The number of anilines is 2. The van der Waals surface area contributed by atoms with Gasteiger partial charge in [0, 0.05) is 38.3 Å². The fourth-order valence-corrected chi connectivity index (χ4v) is 8.11. The Labute approximate surface area is 245 Å². The number of para-hydroxylation sites is 2. The number of aryl methyl sites for hydroxylation is 1. The van der Waals surface area contributed by atoms with Crippen LogP contribution < -0.4 is 9.21 Å². The third-order valence-corrected chi connectivity index (χ3v) is 10.7. The third kappa shape index (κ3) is 5.61. The number of aromatic nitrogens is 1. The summed E-state index contributed by atoms with van der Waals surface area (Å²) in [7, 11) is -3.74. The second-order valence-electron chi connectivity index (χ2n) is 10.4. The van der Waals surface area contributed by atoms with Crippen molar-refractivity contribution in [3.8, 4) is 0 Å². The van der Waals surface area contributed by atoms with Crippen LogP contribution in [0.5, 0.6) is 0 Å². The maximum absolute atomic E-state index is 13.9. The number of benzene rings is 3. The van der Waals surface area contributed by atoms with E-state index in [1.54, 1.807) is 29.2 Å². The number of hydrogen-bond acceptors (Lipinski definition) is 7. The summed E-state index contributed by atoms with van der Waals surface area (Å²) in [5.41, 5.74) is 4.28. The summed E-state index contributed by atoms with van der Waals surface area (Å²) in [6.07, 6.45) is 2.35. The van der Waals surface area contributed by atoms with Crippen LogP contribution in [0.3, 0.4) is 0 Å². The smallest absolute Gasteiger partial charge is 0.264 e. The molecule has 3 aromatic carbocycles. The average Bonchev–Trinajstić information content (AvgIpc) is 3.65. The van der Waals surface area contributed by atoms with Crippen molar-refractivity contribution in [1.29, 1.82) is 0 Å². The quantitative estimate of drug-likeness (QED) is 0.274. The lowest BCUT2D eigenvalue weighted by molar-refractivity contribution is 0.0376. The lowest BCUT2D eigenvalue weighted by Gasteiger charge is -2.27. The Kier molecular flexibility index (Phi) is 8.07. The highest BCUT2D eigenvalue weighted by molar-refractivity contribution is 7.92. The number of morpholine rings is 1. The summed E-state index contributed by atoms with van der Waals surface area (Å²) in [5, 5.41) is 0.665. The van der Waals surface area contributed by atoms with E-state index in [0.29, 0.717) is 30.2 Å². The Morgan fingerprint density at radius 1 is 1.00 bits per heavy atom. The molecule has 6 rings (SSSR count). The molecule has 1 fully saturated rings. The number of nitrogens with zero attached hydrogens (tertiary/aromatic N) is 4. The van der Waals surface area contributed by atoms with Gasteiger partial charge in [0.05, 0.1) is 34.0 Å². The minimum absolute atomic E-state index is 0.178. The van der Waals surface area contributed by atoms with Crippen molar-refractivity contribution in [2.75, 3.05) is 55.1 Å². The fraction of sp³-hybridized carbons (Fsp3) is 0.355. The zero-order valence-corrected chi connectivity index (χ0v) is 24.8. The van der Waals surface area contributed by atoms with Crippen LogP contribution in [-0.4, -0.2) is 70.1 Å². The van der Waals surface area contributed by atoms with E-state index >= 15 is 0 Å². The van der Waals surface area contributed by atoms with Gasteiger partial charge in [-0.05, 0) is 66.8 Å². The summed E-state index contributed by atoms with van der Waals surface area (Å²) in [4.78, 5) is 23.1. The van der Waals surface area contributed by atoms with Crippen LogP contribution in [0.25, 0.3) is 10.2 Å². The summed E-state index contributed by atoms with van der Waals surface area (Å²) >= 11 is 1.52. The molecular formula is C31H34N4O4S2. The van der Waals surface area contributed by atoms with E-state index in [2.05, 4.69) is 17.9 Å². The summed E-state index contributed by atoms with van der Waals surface area (Å²) in [5.74, 6) is -0.181. The molecular weight excluding hydrogens is 556 g/mol. The largest absolute Gasteiger partial charge is 0.379 e. The minimum Gasteiger partial charge on any atom is -0.379 e. The number of hydrogen-bond donors (Lipinski definition) is 0. The molecule has 0 radical (unpaired) electrons. The fourth-order valence-electron chi connectivity index (χ4n) is 5.57. The predicted octanol–water partition coefficient (Wildman–Crippen LogP) is 4.98. The zero-order valence-electron chi connectivity index (χ0n) is 23.2. The second-order valence-corrected chi connectivity index (χ2v) is 13.2. The van der Waals surface area contributed by atoms with Gasteiger partial charge in [-0.2, -0.15) is 0 Å². The lowest BCUT2D eigenvalue weighted by atomic mass is 10.1. The highest BCUT2D eigenvalue weighted by atomic mass is 32.2. The minimum atomic E-state index is -3.74. The van der Waals surface area contributed by atoms with Gasteiger partial charge in [-0.25, -0.2) is 13.4 Å². The number of thiazole rings is 1. The normalized spacial score (nSPS) is 15.8. The van der Waals surface area contributed by atoms with Crippen LogP contribution in [0.4, 0.5) is 10.8 Å². The first kappa shape index (κ1) is 27.8. The van der Waals surface area contributed by atoms with E-state index < -0.39 is 10.0 Å². The van der Waals surface area contributed by atoms with Gasteiger partial charge in [0.1, 0.15) is 0 Å². The van der Waals surface area contributed by atoms with Gasteiger partial charge in [-0.3, -0.25) is 18.9 Å². The van der Waals surface area contributed by atoms with Gasteiger partial charge in [0.25, 0.3) is 15.9 Å². The van der Waals surface area contributed by atoms with Crippen LogP contribution in [0.2, 0.25) is 0 Å². The molecule has 8 nitrogen and oxygen atoms in total. The van der Waals surface area contributed by atoms with Gasteiger partial charge in [0.15, 0.2) is 5.13 Å². The first-order valence-corrected chi connectivity index (χ1v) is 16.4. The Bertz CT molecular complexity index is 1650. The summed E-state index contributed by atoms with van der Waals surface area (Å²) in [6, 6.07) is 20.1. The number of amides is 1. The maximum atomic E-state index is 13.9. The Morgan fingerprint density at radius 2 is 1.78 bits per heavy atom. The van der Waals surface area contributed by atoms with E-state index in [-0.39, 0.29) is 10.8 Å². The van der Waals surface area contributed by atoms with Crippen molar-refractivity contribution in [3.05, 3.63) is 83.4 Å². The molecule has 1 amide bonds. The van der Waals surface area contributed by atoms with E-state index in [0.717, 1.165) is 72.7 Å². The molecule has 0 spiro atoms. The van der Waals surface area contributed by atoms with Crippen LogP contribution in [-0.2, 0) is 27.6 Å². The zero-order chi connectivity index (χ0) is 28.4. The predicted molar refractivity (Wildman–Crippen MR) is 164 cm³/mol. The Hall–Kier alpha value is -3.31. The lowest BCUT2D eigenvalue weighted by Crippen LogP contribution is -2.39. The van der Waals surface area contributed by atoms with Crippen molar-refractivity contribution in [1.82, 2.24) is 9.88 Å². The third-order valence-electron chi connectivity index (χ3n) is 7.84. The Balaban J connectivity index is 1.26. The molecule has 0 bridgehead atoms. The highest BCUT2D eigenvalue weighted by Gasteiger charge is 2.31. The molecule has 0 atom stereocenters. The van der Waals surface area contributed by atoms with Crippen molar-refractivity contribution in [3.63, 3.8) is 0 Å². The molecule has 0 saturated carbocycles. The SMILES string of the molecule is CCc1cccc2sc(N(CCCN3CCOCC3)C(=O)c3ccc(S(=O)(=O)N4CCc5ccccc54)cc3)nc12. The molecule has 0 aliphatic carbocycles. The van der Waals surface area contributed by atoms with E-state index in [9.17, 15) is 13.2 Å². The molecule has 0 N–H and O–H groups in total. The van der Waals surface area contributed by atoms with E-state index in [1.165, 1.54) is 15.6 Å². The maximum Gasteiger partial charge on any atom is 0.264 e. The Morgan fingerprint density at radius 3 is 2.56 bits per heavy atom. The second kappa shape index (κ2) is 11.9. The molecule has 2 aliphatic rings. The van der Waals surface area contributed by atoms with Gasteiger partial charge in [0.2, 0.25) is 0 Å². The van der Waals surface area contributed by atoms with Crippen molar-refractivity contribution in [2.24, 2.45) is 0 Å². The summed E-state index contributed by atoms with van der Waals surface area (Å²) < 4.78 is 35.0. The van der Waals surface area contributed by atoms with Crippen molar-refractivity contribution >= 4 is 48.3 Å². The van der Waals surface area contributed by atoms with Crippen LogP contribution in [0.15, 0.2) is 71.6 Å². The van der Waals surface area contributed by atoms with E-state index in [4.69, 9.17) is 9.72 Å². The first-order chi connectivity index (χ1) is 20.0. The number of fused-ring (bicyclic) bond motifs is 2.